The van der Waals surface area contributed by atoms with Crippen LogP contribution in [0.5, 0.6) is 11.5 Å². The number of nitrogens with zero attached hydrogens (tertiary/aromatic N) is 1. The zero-order chi connectivity index (χ0) is 15.1. The summed E-state index contributed by atoms with van der Waals surface area (Å²) in [6.45, 7) is 2.13. The average molecular weight is 372 g/mol. The van der Waals surface area contributed by atoms with Crippen LogP contribution < -0.4 is 10.1 Å². The summed E-state index contributed by atoms with van der Waals surface area (Å²) in [6, 6.07) is 7.61. The molecule has 4 nitrogen and oxygen atoms in total. The van der Waals surface area contributed by atoms with Gasteiger partial charge in [0.25, 0.3) is 0 Å². The van der Waals surface area contributed by atoms with Crippen molar-refractivity contribution in [2.24, 2.45) is 0 Å². The van der Waals surface area contributed by atoms with E-state index in [1.54, 1.807) is 25.6 Å². The van der Waals surface area contributed by atoms with Crippen LogP contribution in [0, 0.1) is 0 Å². The smallest absolute Gasteiger partial charge is 0.147 e. The average Bonchev–Trinajstić information content (AvgIpc) is 2.46. The molecule has 21 heavy (non-hydrogen) atoms. The lowest BCUT2D eigenvalue weighted by Gasteiger charge is -2.12. The van der Waals surface area contributed by atoms with Crippen molar-refractivity contribution < 1.29 is 9.47 Å². The number of ether oxygens (including phenoxy) is 2. The van der Waals surface area contributed by atoms with Crippen molar-refractivity contribution in [2.45, 2.75) is 6.54 Å². The fraction of sp³-hybridized carbons (Fsp3) is 0.267. The van der Waals surface area contributed by atoms with Gasteiger partial charge in [0, 0.05) is 42.5 Å². The van der Waals surface area contributed by atoms with E-state index in [0.29, 0.717) is 23.9 Å². The standard InChI is InChI=1S/C15H16BrClN2O2/c1-20-5-4-18-8-11-6-12(16)2-3-15(11)21-14-7-13(17)9-19-10-14/h2-3,6-7,9-10,18H,4-5,8H2,1H3. The molecule has 0 unspecified atom stereocenters. The van der Waals surface area contributed by atoms with E-state index in [4.69, 9.17) is 21.1 Å². The Kier molecular flexibility index (Phi) is 6.45. The van der Waals surface area contributed by atoms with Crippen LogP contribution in [0.1, 0.15) is 5.56 Å². The number of aromatic nitrogens is 1. The molecule has 0 amide bonds. The van der Waals surface area contributed by atoms with E-state index in [-0.39, 0.29) is 0 Å². The number of benzene rings is 1. The van der Waals surface area contributed by atoms with Crippen molar-refractivity contribution in [3.63, 3.8) is 0 Å². The van der Waals surface area contributed by atoms with E-state index >= 15 is 0 Å². The van der Waals surface area contributed by atoms with E-state index in [1.807, 2.05) is 18.2 Å². The van der Waals surface area contributed by atoms with E-state index in [0.717, 1.165) is 22.3 Å². The van der Waals surface area contributed by atoms with Crippen LogP contribution in [0.2, 0.25) is 5.02 Å². The molecule has 6 heteroatoms. The minimum atomic E-state index is 0.546. The quantitative estimate of drug-likeness (QED) is 0.746. The van der Waals surface area contributed by atoms with Gasteiger partial charge in [0.1, 0.15) is 11.5 Å². The van der Waals surface area contributed by atoms with Crippen molar-refractivity contribution in [3.8, 4) is 11.5 Å². The molecule has 0 aliphatic carbocycles. The third kappa shape index (κ3) is 5.28. The number of nitrogens with one attached hydrogen (secondary N) is 1. The molecule has 2 rings (SSSR count). The number of pyridine rings is 1. The van der Waals surface area contributed by atoms with Crippen LogP contribution in [-0.4, -0.2) is 25.2 Å². The highest BCUT2D eigenvalue weighted by atomic mass is 79.9. The molecule has 2 aromatic rings. The van der Waals surface area contributed by atoms with Crippen molar-refractivity contribution in [1.29, 1.82) is 0 Å². The van der Waals surface area contributed by atoms with Crippen LogP contribution >= 0.6 is 27.5 Å². The molecule has 0 spiro atoms. The Bertz CT molecular complexity index is 596. The van der Waals surface area contributed by atoms with Gasteiger partial charge in [-0.05, 0) is 18.2 Å². The first kappa shape index (κ1) is 16.2. The topological polar surface area (TPSA) is 43.4 Å². The first-order valence-corrected chi connectivity index (χ1v) is 7.62. The van der Waals surface area contributed by atoms with Gasteiger partial charge in [-0.3, -0.25) is 4.98 Å². The van der Waals surface area contributed by atoms with Crippen LogP contribution in [0.15, 0.2) is 41.1 Å². The van der Waals surface area contributed by atoms with Crippen molar-refractivity contribution >= 4 is 27.5 Å². The molecule has 0 aliphatic rings. The van der Waals surface area contributed by atoms with E-state index < -0.39 is 0 Å². The Labute approximate surface area is 137 Å². The van der Waals surface area contributed by atoms with Gasteiger partial charge in [-0.2, -0.15) is 0 Å². The maximum absolute atomic E-state index is 5.92. The van der Waals surface area contributed by atoms with Gasteiger partial charge in [0.2, 0.25) is 0 Å². The van der Waals surface area contributed by atoms with Crippen LogP contribution in [0.25, 0.3) is 0 Å². The summed E-state index contributed by atoms with van der Waals surface area (Å²) in [5.74, 6) is 1.38. The predicted octanol–water partition coefficient (Wildman–Crippen LogP) is 4.03. The van der Waals surface area contributed by atoms with Gasteiger partial charge in [-0.15, -0.1) is 0 Å². The molecule has 0 bridgehead atoms. The molecule has 1 aromatic carbocycles. The Morgan fingerprint density at radius 1 is 1.29 bits per heavy atom. The molecule has 0 saturated heterocycles. The highest BCUT2D eigenvalue weighted by Gasteiger charge is 2.07. The second-order valence-corrected chi connectivity index (χ2v) is 5.71. The second kappa shape index (κ2) is 8.34. The van der Waals surface area contributed by atoms with E-state index in [2.05, 4.69) is 26.2 Å². The summed E-state index contributed by atoms with van der Waals surface area (Å²) >= 11 is 9.39. The highest BCUT2D eigenvalue weighted by molar-refractivity contribution is 9.10. The molecule has 0 aliphatic heterocycles. The molecule has 1 heterocycles. The van der Waals surface area contributed by atoms with Crippen molar-refractivity contribution in [3.05, 3.63) is 51.7 Å². The summed E-state index contributed by atoms with van der Waals surface area (Å²) < 4.78 is 11.9. The third-order valence-corrected chi connectivity index (χ3v) is 3.43. The molecule has 0 atom stereocenters. The number of hydrogen-bond acceptors (Lipinski definition) is 4. The monoisotopic (exact) mass is 370 g/mol. The molecular weight excluding hydrogens is 356 g/mol. The zero-order valence-electron chi connectivity index (χ0n) is 11.6. The number of hydrogen-bond donors (Lipinski definition) is 1. The summed E-state index contributed by atoms with van der Waals surface area (Å²) in [5.41, 5.74) is 1.04. The van der Waals surface area contributed by atoms with Gasteiger partial charge in [0.15, 0.2) is 0 Å². The Hall–Kier alpha value is -1.14. The summed E-state index contributed by atoms with van der Waals surface area (Å²) in [5, 5.41) is 3.85. The summed E-state index contributed by atoms with van der Waals surface area (Å²) in [7, 11) is 1.68. The van der Waals surface area contributed by atoms with E-state index in [9.17, 15) is 0 Å². The molecule has 1 N–H and O–H groups in total. The van der Waals surface area contributed by atoms with Crippen molar-refractivity contribution in [1.82, 2.24) is 10.3 Å². The lowest BCUT2D eigenvalue weighted by atomic mass is 10.2. The van der Waals surface area contributed by atoms with Gasteiger partial charge in [0.05, 0.1) is 17.8 Å². The first-order valence-electron chi connectivity index (χ1n) is 6.45. The lowest BCUT2D eigenvalue weighted by Crippen LogP contribution is -2.18. The normalized spacial score (nSPS) is 10.6. The van der Waals surface area contributed by atoms with Gasteiger partial charge in [-0.1, -0.05) is 27.5 Å². The minimum absolute atomic E-state index is 0.546. The van der Waals surface area contributed by atoms with Gasteiger partial charge in [-0.25, -0.2) is 0 Å². The maximum atomic E-state index is 5.92. The Morgan fingerprint density at radius 2 is 2.14 bits per heavy atom. The SMILES string of the molecule is COCCNCc1cc(Br)ccc1Oc1cncc(Cl)c1. The number of halogens is 2. The second-order valence-electron chi connectivity index (χ2n) is 4.36. The largest absolute Gasteiger partial charge is 0.455 e. The fourth-order valence-electron chi connectivity index (χ4n) is 1.76. The highest BCUT2D eigenvalue weighted by Crippen LogP contribution is 2.28. The molecule has 0 radical (unpaired) electrons. The third-order valence-electron chi connectivity index (χ3n) is 2.73. The van der Waals surface area contributed by atoms with Crippen molar-refractivity contribution in [2.75, 3.05) is 20.3 Å². The zero-order valence-corrected chi connectivity index (χ0v) is 13.9. The van der Waals surface area contributed by atoms with Gasteiger partial charge >= 0.3 is 0 Å². The Balaban J connectivity index is 2.10. The van der Waals surface area contributed by atoms with Crippen LogP contribution in [0.3, 0.4) is 0 Å². The number of methoxy groups -OCH3 is 1. The molecule has 1 aromatic heterocycles. The molecule has 0 saturated carbocycles. The number of rotatable bonds is 7. The lowest BCUT2D eigenvalue weighted by molar-refractivity contribution is 0.199. The fourth-order valence-corrected chi connectivity index (χ4v) is 2.33. The van der Waals surface area contributed by atoms with Crippen LogP contribution in [-0.2, 0) is 11.3 Å². The van der Waals surface area contributed by atoms with Crippen LogP contribution in [0.4, 0.5) is 0 Å². The molecule has 0 fully saturated rings. The molecule has 112 valence electrons. The summed E-state index contributed by atoms with van der Waals surface area (Å²) in [4.78, 5) is 4.02. The first-order chi connectivity index (χ1) is 10.2. The Morgan fingerprint density at radius 3 is 2.90 bits per heavy atom. The molecular formula is C15H16BrClN2O2. The summed E-state index contributed by atoms with van der Waals surface area (Å²) in [6.07, 6.45) is 3.21. The predicted molar refractivity (Wildman–Crippen MR) is 87.0 cm³/mol. The van der Waals surface area contributed by atoms with E-state index in [1.165, 1.54) is 0 Å². The van der Waals surface area contributed by atoms with Gasteiger partial charge < -0.3 is 14.8 Å². The minimum Gasteiger partial charge on any atom is -0.455 e. The maximum Gasteiger partial charge on any atom is 0.147 e.